The molecule has 0 unspecified atom stereocenters. The topological polar surface area (TPSA) is 75.6 Å². The molecule has 8 atom stereocenters. The molecule has 5 aliphatic carbocycles. The van der Waals surface area contributed by atoms with Crippen LogP contribution in [-0.2, 0) is 14.3 Å². The van der Waals surface area contributed by atoms with Crippen LogP contribution in [0.2, 0.25) is 0 Å². The van der Waals surface area contributed by atoms with Gasteiger partial charge in [-0.2, -0.15) is 0 Å². The van der Waals surface area contributed by atoms with E-state index in [0.717, 1.165) is 70.6 Å². The van der Waals surface area contributed by atoms with E-state index in [0.29, 0.717) is 30.7 Å². The second-order valence-corrected chi connectivity index (χ2v) is 17.4. The zero-order valence-corrected chi connectivity index (χ0v) is 28.2. The molecule has 1 amide bonds. The molecule has 0 bridgehead atoms. The zero-order chi connectivity index (χ0) is 30.8. The number of ether oxygens (including phenoxy) is 1. The maximum atomic E-state index is 14.2. The third-order valence-electron chi connectivity index (χ3n) is 14.6. The number of amides is 1. The smallest absolute Gasteiger partial charge is 0.305 e. The second-order valence-electron chi connectivity index (χ2n) is 17.4. The SMILES string of the molecule is COC(=O)CCCCCNC(=O)[C@]12CCC(C)(C)C[C@H]1C1=CC[C@@H]3[C@@]4(C)CC[C@H](O)C(C)(C)[C@@H]4CC[C@@]3(C)[C@]1(C)CC2. The first-order valence-electron chi connectivity index (χ1n) is 17.3. The Balaban J connectivity index is 1.40. The van der Waals surface area contributed by atoms with Crippen molar-refractivity contribution in [2.75, 3.05) is 13.7 Å². The molecule has 0 radical (unpaired) electrons. The van der Waals surface area contributed by atoms with Gasteiger partial charge in [-0.1, -0.05) is 66.5 Å². The number of hydrogen-bond donors (Lipinski definition) is 2. The van der Waals surface area contributed by atoms with Crippen LogP contribution >= 0.6 is 0 Å². The van der Waals surface area contributed by atoms with Crippen molar-refractivity contribution in [3.05, 3.63) is 11.6 Å². The lowest BCUT2D eigenvalue weighted by molar-refractivity contribution is -0.203. The van der Waals surface area contributed by atoms with Crippen LogP contribution in [0.15, 0.2) is 11.6 Å². The third-order valence-corrected chi connectivity index (χ3v) is 14.6. The maximum Gasteiger partial charge on any atom is 0.305 e. The van der Waals surface area contributed by atoms with Crippen LogP contribution < -0.4 is 5.32 Å². The number of aliphatic hydroxyl groups is 1. The second kappa shape index (κ2) is 10.9. The van der Waals surface area contributed by atoms with E-state index >= 15 is 0 Å². The minimum absolute atomic E-state index is 0.0360. The van der Waals surface area contributed by atoms with Crippen molar-refractivity contribution in [2.24, 2.45) is 50.2 Å². The Kier molecular flexibility index (Phi) is 8.33. The molecule has 5 heteroatoms. The normalized spacial score (nSPS) is 43.5. The van der Waals surface area contributed by atoms with Gasteiger partial charge >= 0.3 is 5.97 Å². The number of aliphatic hydroxyl groups excluding tert-OH is 1. The molecule has 0 aromatic heterocycles. The van der Waals surface area contributed by atoms with Gasteiger partial charge in [-0.25, -0.2) is 0 Å². The number of allylic oxidation sites excluding steroid dienone is 2. The fourth-order valence-electron chi connectivity index (χ4n) is 11.7. The van der Waals surface area contributed by atoms with Gasteiger partial charge in [-0.05, 0) is 122 Å². The van der Waals surface area contributed by atoms with Gasteiger partial charge in [-0.3, -0.25) is 9.59 Å². The number of esters is 1. The van der Waals surface area contributed by atoms with Crippen LogP contribution in [0.5, 0.6) is 0 Å². The quantitative estimate of drug-likeness (QED) is 0.181. The fourth-order valence-corrected chi connectivity index (χ4v) is 11.7. The Labute approximate surface area is 256 Å². The number of methoxy groups -OCH3 is 1. The summed E-state index contributed by atoms with van der Waals surface area (Å²) in [4.78, 5) is 25.6. The highest BCUT2D eigenvalue weighted by atomic mass is 16.5. The van der Waals surface area contributed by atoms with Crippen molar-refractivity contribution in [1.29, 1.82) is 0 Å². The summed E-state index contributed by atoms with van der Waals surface area (Å²) in [6, 6.07) is 0. The summed E-state index contributed by atoms with van der Waals surface area (Å²) in [5.41, 5.74) is 2.09. The molecular weight excluding hydrogens is 522 g/mol. The van der Waals surface area contributed by atoms with Crippen LogP contribution in [0.3, 0.4) is 0 Å². The number of fused-ring (bicyclic) bond motifs is 7. The van der Waals surface area contributed by atoms with Gasteiger partial charge in [0.2, 0.25) is 5.91 Å². The monoisotopic (exact) mass is 583 g/mol. The molecule has 0 aliphatic heterocycles. The van der Waals surface area contributed by atoms with Crippen molar-refractivity contribution in [2.45, 2.75) is 144 Å². The minimum atomic E-state index is -0.298. The van der Waals surface area contributed by atoms with Crippen LogP contribution in [-0.4, -0.2) is 36.7 Å². The molecule has 2 N–H and O–H groups in total. The largest absolute Gasteiger partial charge is 0.469 e. The molecule has 4 saturated carbocycles. The van der Waals surface area contributed by atoms with Gasteiger partial charge < -0.3 is 15.2 Å². The first-order chi connectivity index (χ1) is 19.6. The summed E-state index contributed by atoms with van der Waals surface area (Å²) >= 11 is 0. The molecule has 0 heterocycles. The molecule has 0 aromatic rings. The first kappa shape index (κ1) is 32.0. The number of hydrogen-bond acceptors (Lipinski definition) is 4. The van der Waals surface area contributed by atoms with E-state index in [-0.39, 0.29) is 50.5 Å². The van der Waals surface area contributed by atoms with E-state index in [9.17, 15) is 14.7 Å². The number of carbonyl (C=O) groups is 2. The van der Waals surface area contributed by atoms with E-state index in [4.69, 9.17) is 4.74 Å². The first-order valence-corrected chi connectivity index (χ1v) is 17.3. The van der Waals surface area contributed by atoms with E-state index in [2.05, 4.69) is 59.9 Å². The lowest BCUT2D eigenvalue weighted by atomic mass is 9.33. The molecule has 42 heavy (non-hydrogen) atoms. The Morgan fingerprint density at radius 3 is 2.33 bits per heavy atom. The third kappa shape index (κ3) is 4.81. The van der Waals surface area contributed by atoms with E-state index < -0.39 is 0 Å². The molecule has 5 aliphatic rings. The Morgan fingerprint density at radius 2 is 1.62 bits per heavy atom. The number of unbranched alkanes of at least 4 members (excludes halogenated alkanes) is 2. The molecule has 238 valence electrons. The van der Waals surface area contributed by atoms with Gasteiger partial charge in [0.15, 0.2) is 0 Å². The summed E-state index contributed by atoms with van der Waals surface area (Å²) in [6.45, 7) is 18.0. The van der Waals surface area contributed by atoms with E-state index in [1.165, 1.54) is 20.0 Å². The number of rotatable bonds is 7. The molecule has 0 aromatic carbocycles. The van der Waals surface area contributed by atoms with Gasteiger partial charge in [0, 0.05) is 13.0 Å². The molecule has 0 saturated heterocycles. The number of nitrogens with one attached hydrogen (secondary N) is 1. The van der Waals surface area contributed by atoms with Crippen molar-refractivity contribution in [3.63, 3.8) is 0 Å². The number of carbonyl (C=O) groups excluding carboxylic acids is 2. The highest BCUT2D eigenvalue weighted by Crippen LogP contribution is 2.75. The molecule has 5 nitrogen and oxygen atoms in total. The van der Waals surface area contributed by atoms with E-state index in [1.807, 2.05) is 0 Å². The summed E-state index contributed by atoms with van der Waals surface area (Å²) in [5.74, 6) is 1.61. The van der Waals surface area contributed by atoms with Crippen molar-refractivity contribution >= 4 is 11.9 Å². The molecular formula is C37H61NO4. The lowest BCUT2D eigenvalue weighted by Gasteiger charge is -2.71. The summed E-state index contributed by atoms with van der Waals surface area (Å²) in [6.07, 6.45) is 16.4. The Morgan fingerprint density at radius 1 is 0.905 bits per heavy atom. The summed E-state index contributed by atoms with van der Waals surface area (Å²) < 4.78 is 4.76. The fraction of sp³-hybridized carbons (Fsp3) is 0.892. The van der Waals surface area contributed by atoms with Gasteiger partial charge in [0.1, 0.15) is 0 Å². The Bertz CT molecular complexity index is 1090. The minimum Gasteiger partial charge on any atom is -0.469 e. The lowest BCUT2D eigenvalue weighted by Crippen LogP contribution is -2.65. The average Bonchev–Trinajstić information content (AvgIpc) is 2.92. The molecule has 5 rings (SSSR count). The molecule has 4 fully saturated rings. The van der Waals surface area contributed by atoms with E-state index in [1.54, 1.807) is 5.57 Å². The van der Waals surface area contributed by atoms with Crippen molar-refractivity contribution in [1.82, 2.24) is 5.32 Å². The maximum absolute atomic E-state index is 14.2. The van der Waals surface area contributed by atoms with Gasteiger partial charge in [0.25, 0.3) is 0 Å². The van der Waals surface area contributed by atoms with Gasteiger partial charge in [-0.15, -0.1) is 0 Å². The predicted octanol–water partition coefficient (Wildman–Crippen LogP) is 8.00. The zero-order valence-electron chi connectivity index (χ0n) is 28.2. The predicted molar refractivity (Wildman–Crippen MR) is 169 cm³/mol. The summed E-state index contributed by atoms with van der Waals surface area (Å²) in [5, 5.41) is 14.4. The highest BCUT2D eigenvalue weighted by molar-refractivity contribution is 5.84. The summed E-state index contributed by atoms with van der Waals surface area (Å²) in [7, 11) is 1.44. The standard InChI is InChI=1S/C37H61NO4/c1-32(2)19-21-37(31(41)38-23-11-9-10-12-30(40)42-8)22-20-35(6)25(26(37)24-32)13-14-28-34(5)17-16-29(39)33(3,4)27(34)15-18-36(28,35)7/h13,26-29,39H,9-12,14-24H2,1-8H3,(H,38,41)/t26-,27-,28+,29-,34-,35+,36+,37-/m0/s1. The van der Waals surface area contributed by atoms with Gasteiger partial charge in [0.05, 0.1) is 18.6 Å². The van der Waals surface area contributed by atoms with Crippen LogP contribution in [0, 0.1) is 50.2 Å². The van der Waals surface area contributed by atoms with Crippen LogP contribution in [0.4, 0.5) is 0 Å². The molecule has 0 spiro atoms. The van der Waals surface area contributed by atoms with Crippen LogP contribution in [0.1, 0.15) is 138 Å². The van der Waals surface area contributed by atoms with Crippen LogP contribution in [0.25, 0.3) is 0 Å². The highest BCUT2D eigenvalue weighted by Gasteiger charge is 2.69. The Hall–Kier alpha value is -1.36. The van der Waals surface area contributed by atoms with Crippen molar-refractivity contribution in [3.8, 4) is 0 Å². The van der Waals surface area contributed by atoms with Crippen molar-refractivity contribution < 1.29 is 19.4 Å². The average molecular weight is 584 g/mol.